The van der Waals surface area contributed by atoms with Crippen LogP contribution in [0.3, 0.4) is 0 Å². The van der Waals surface area contributed by atoms with Crippen molar-refractivity contribution in [1.29, 1.82) is 0 Å². The van der Waals surface area contributed by atoms with Gasteiger partial charge in [-0.3, -0.25) is 9.69 Å². The standard InChI is InChI=1S/C12H22N2O4/c15-9-11-10-18-8-5-14(11)12(16)1-2-13-3-6-17-7-4-13/h11,15H,1-10H2. The van der Waals surface area contributed by atoms with Gasteiger partial charge in [-0.05, 0) is 0 Å². The molecule has 0 bridgehead atoms. The summed E-state index contributed by atoms with van der Waals surface area (Å²) in [6.07, 6.45) is 0.510. The third-order valence-electron chi connectivity index (χ3n) is 3.50. The van der Waals surface area contributed by atoms with Crippen molar-refractivity contribution in [2.75, 3.05) is 59.2 Å². The highest BCUT2D eigenvalue weighted by molar-refractivity contribution is 5.76. The Balaban J connectivity index is 1.75. The highest BCUT2D eigenvalue weighted by Gasteiger charge is 2.26. The fourth-order valence-electron chi connectivity index (χ4n) is 2.36. The molecule has 0 spiro atoms. The average Bonchev–Trinajstić information content (AvgIpc) is 2.45. The zero-order valence-corrected chi connectivity index (χ0v) is 10.7. The maximum Gasteiger partial charge on any atom is 0.224 e. The van der Waals surface area contributed by atoms with E-state index >= 15 is 0 Å². The van der Waals surface area contributed by atoms with Crippen LogP contribution in [0.15, 0.2) is 0 Å². The van der Waals surface area contributed by atoms with Gasteiger partial charge in [-0.1, -0.05) is 0 Å². The number of aliphatic hydroxyl groups is 1. The van der Waals surface area contributed by atoms with E-state index in [-0.39, 0.29) is 18.6 Å². The Bertz CT molecular complexity index is 269. The van der Waals surface area contributed by atoms with Crippen LogP contribution in [0.25, 0.3) is 0 Å². The molecule has 6 heteroatoms. The Kier molecular flexibility index (Phi) is 5.37. The molecular formula is C12H22N2O4. The predicted molar refractivity (Wildman–Crippen MR) is 65.3 cm³/mol. The van der Waals surface area contributed by atoms with Crippen LogP contribution in [-0.4, -0.2) is 86.1 Å². The number of hydrogen-bond acceptors (Lipinski definition) is 5. The lowest BCUT2D eigenvalue weighted by Gasteiger charge is -2.35. The normalized spacial score (nSPS) is 26.3. The van der Waals surface area contributed by atoms with Gasteiger partial charge in [0.25, 0.3) is 0 Å². The van der Waals surface area contributed by atoms with E-state index in [4.69, 9.17) is 9.47 Å². The smallest absolute Gasteiger partial charge is 0.224 e. The highest BCUT2D eigenvalue weighted by atomic mass is 16.5. The van der Waals surface area contributed by atoms with Crippen LogP contribution >= 0.6 is 0 Å². The van der Waals surface area contributed by atoms with Gasteiger partial charge in [0, 0.05) is 32.6 Å². The summed E-state index contributed by atoms with van der Waals surface area (Å²) in [5.74, 6) is 0.115. The van der Waals surface area contributed by atoms with Crippen molar-refractivity contribution in [3.05, 3.63) is 0 Å². The zero-order chi connectivity index (χ0) is 12.8. The molecule has 0 radical (unpaired) electrons. The van der Waals surface area contributed by atoms with Gasteiger partial charge in [-0.2, -0.15) is 0 Å². The number of amides is 1. The van der Waals surface area contributed by atoms with Crippen LogP contribution < -0.4 is 0 Å². The van der Waals surface area contributed by atoms with Gasteiger partial charge < -0.3 is 19.5 Å². The Hall–Kier alpha value is -0.690. The fraction of sp³-hybridized carbons (Fsp3) is 0.917. The van der Waals surface area contributed by atoms with E-state index in [9.17, 15) is 9.90 Å². The molecule has 1 atom stereocenters. The molecule has 0 aromatic carbocycles. The van der Waals surface area contributed by atoms with Crippen LogP contribution in [0.1, 0.15) is 6.42 Å². The minimum absolute atomic E-state index is 0.0245. The van der Waals surface area contributed by atoms with Crippen LogP contribution in [0.4, 0.5) is 0 Å². The molecule has 6 nitrogen and oxygen atoms in total. The molecule has 2 aliphatic rings. The summed E-state index contributed by atoms with van der Waals surface area (Å²) in [4.78, 5) is 16.1. The molecule has 0 aromatic heterocycles. The van der Waals surface area contributed by atoms with Gasteiger partial charge in [0.1, 0.15) is 0 Å². The first kappa shape index (κ1) is 13.7. The lowest BCUT2D eigenvalue weighted by Crippen LogP contribution is -2.51. The number of ether oxygens (including phenoxy) is 2. The number of rotatable bonds is 4. The van der Waals surface area contributed by atoms with Gasteiger partial charge >= 0.3 is 0 Å². The van der Waals surface area contributed by atoms with Gasteiger partial charge in [-0.25, -0.2) is 0 Å². The first-order valence-corrected chi connectivity index (χ1v) is 6.59. The Labute approximate surface area is 107 Å². The van der Waals surface area contributed by atoms with Gasteiger partial charge in [0.05, 0.1) is 39.1 Å². The minimum atomic E-state index is -0.170. The quantitative estimate of drug-likeness (QED) is 0.695. The number of carbonyl (C=O) groups is 1. The molecule has 1 amide bonds. The minimum Gasteiger partial charge on any atom is -0.394 e. The number of morpholine rings is 2. The van der Waals surface area contributed by atoms with Crippen molar-refractivity contribution >= 4 is 5.91 Å². The van der Waals surface area contributed by atoms with E-state index in [1.54, 1.807) is 4.90 Å². The van der Waals surface area contributed by atoms with Crippen molar-refractivity contribution in [2.45, 2.75) is 12.5 Å². The molecule has 104 valence electrons. The van der Waals surface area contributed by atoms with E-state index < -0.39 is 0 Å². The molecule has 2 aliphatic heterocycles. The molecule has 0 saturated carbocycles. The summed E-state index contributed by atoms with van der Waals surface area (Å²) < 4.78 is 10.5. The van der Waals surface area contributed by atoms with E-state index in [0.717, 1.165) is 32.8 Å². The van der Waals surface area contributed by atoms with Gasteiger partial charge in [0.2, 0.25) is 5.91 Å². The molecule has 0 aromatic rings. The summed E-state index contributed by atoms with van der Waals surface area (Å²) in [5.41, 5.74) is 0. The summed E-state index contributed by atoms with van der Waals surface area (Å²) >= 11 is 0. The number of nitrogens with zero attached hydrogens (tertiary/aromatic N) is 2. The molecule has 2 heterocycles. The molecule has 2 saturated heterocycles. The van der Waals surface area contributed by atoms with Crippen LogP contribution in [0, 0.1) is 0 Å². The van der Waals surface area contributed by atoms with Crippen LogP contribution in [-0.2, 0) is 14.3 Å². The first-order chi connectivity index (χ1) is 8.81. The Morgan fingerprint density at radius 1 is 1.17 bits per heavy atom. The molecule has 2 fully saturated rings. The third kappa shape index (κ3) is 3.65. The van der Waals surface area contributed by atoms with Crippen LogP contribution in [0.2, 0.25) is 0 Å². The van der Waals surface area contributed by atoms with Gasteiger partial charge in [-0.15, -0.1) is 0 Å². The molecule has 2 rings (SSSR count). The SMILES string of the molecule is O=C(CCN1CCOCC1)N1CCOCC1CO. The van der Waals surface area contributed by atoms with E-state index in [1.807, 2.05) is 0 Å². The Morgan fingerprint density at radius 2 is 1.89 bits per heavy atom. The first-order valence-electron chi connectivity index (χ1n) is 6.59. The predicted octanol–water partition coefficient (Wildman–Crippen LogP) is -1.07. The fourth-order valence-corrected chi connectivity index (χ4v) is 2.36. The lowest BCUT2D eigenvalue weighted by molar-refractivity contribution is -0.142. The number of hydrogen-bond donors (Lipinski definition) is 1. The molecule has 1 N–H and O–H groups in total. The molecule has 18 heavy (non-hydrogen) atoms. The van der Waals surface area contributed by atoms with E-state index in [0.29, 0.717) is 26.2 Å². The largest absolute Gasteiger partial charge is 0.394 e. The molecule has 1 unspecified atom stereocenters. The summed E-state index contributed by atoms with van der Waals surface area (Å²) in [7, 11) is 0. The second-order valence-electron chi connectivity index (χ2n) is 4.70. The highest BCUT2D eigenvalue weighted by Crippen LogP contribution is 2.09. The summed E-state index contributed by atoms with van der Waals surface area (Å²) in [6.45, 7) is 5.67. The maximum atomic E-state index is 12.1. The topological polar surface area (TPSA) is 62.2 Å². The van der Waals surface area contributed by atoms with E-state index in [2.05, 4.69) is 4.90 Å². The van der Waals surface area contributed by atoms with E-state index in [1.165, 1.54) is 0 Å². The number of aliphatic hydroxyl groups excluding tert-OH is 1. The van der Waals surface area contributed by atoms with Crippen molar-refractivity contribution in [3.63, 3.8) is 0 Å². The van der Waals surface area contributed by atoms with Gasteiger partial charge in [0.15, 0.2) is 0 Å². The second-order valence-corrected chi connectivity index (χ2v) is 4.70. The maximum absolute atomic E-state index is 12.1. The van der Waals surface area contributed by atoms with Crippen molar-refractivity contribution in [3.8, 4) is 0 Å². The zero-order valence-electron chi connectivity index (χ0n) is 10.7. The Morgan fingerprint density at radius 3 is 2.61 bits per heavy atom. The number of carbonyl (C=O) groups excluding carboxylic acids is 1. The second kappa shape index (κ2) is 7.04. The molecular weight excluding hydrogens is 236 g/mol. The lowest BCUT2D eigenvalue weighted by atomic mass is 10.2. The monoisotopic (exact) mass is 258 g/mol. The van der Waals surface area contributed by atoms with Crippen molar-refractivity contribution in [1.82, 2.24) is 9.80 Å². The third-order valence-corrected chi connectivity index (χ3v) is 3.50. The van der Waals surface area contributed by atoms with Crippen LogP contribution in [0.5, 0.6) is 0 Å². The average molecular weight is 258 g/mol. The summed E-state index contributed by atoms with van der Waals surface area (Å²) in [6, 6.07) is -0.170. The van der Waals surface area contributed by atoms with Crippen molar-refractivity contribution in [2.24, 2.45) is 0 Å². The van der Waals surface area contributed by atoms with Crippen molar-refractivity contribution < 1.29 is 19.4 Å². The molecule has 0 aliphatic carbocycles. The summed E-state index contributed by atoms with van der Waals surface area (Å²) in [5, 5.41) is 9.23.